The molecule has 1 aromatic heterocycles. The first-order chi connectivity index (χ1) is 11.1. The Labute approximate surface area is 138 Å². The summed E-state index contributed by atoms with van der Waals surface area (Å²) in [5.74, 6) is -0.382. The van der Waals surface area contributed by atoms with Crippen molar-refractivity contribution in [2.24, 2.45) is 4.99 Å². The maximum Gasteiger partial charge on any atom is 0.148 e. The van der Waals surface area contributed by atoms with Crippen molar-refractivity contribution in [1.29, 1.82) is 0 Å². The van der Waals surface area contributed by atoms with Gasteiger partial charge in [0.15, 0.2) is 0 Å². The Morgan fingerprint density at radius 1 is 1.26 bits per heavy atom. The van der Waals surface area contributed by atoms with Crippen molar-refractivity contribution in [3.05, 3.63) is 65.2 Å². The fourth-order valence-electron chi connectivity index (χ4n) is 2.40. The summed E-state index contributed by atoms with van der Waals surface area (Å²) in [5, 5.41) is 0.369. The lowest BCUT2D eigenvalue weighted by molar-refractivity contribution is 0.619. The van der Waals surface area contributed by atoms with Crippen LogP contribution in [0.4, 0.5) is 4.39 Å². The largest absolute Gasteiger partial charge is 0.297 e. The van der Waals surface area contributed by atoms with E-state index in [2.05, 4.69) is 9.98 Å². The molecule has 0 saturated heterocycles. The number of benzene rings is 2. The molecule has 3 aromatic rings. The van der Waals surface area contributed by atoms with Crippen molar-refractivity contribution in [3.63, 3.8) is 0 Å². The van der Waals surface area contributed by atoms with Crippen LogP contribution in [0.5, 0.6) is 0 Å². The summed E-state index contributed by atoms with van der Waals surface area (Å²) in [7, 11) is 1.73. The van der Waals surface area contributed by atoms with Crippen molar-refractivity contribution in [1.82, 2.24) is 9.55 Å². The molecule has 2 aromatic carbocycles. The zero-order valence-electron chi connectivity index (χ0n) is 12.8. The number of aliphatic imine (C=N–C) groups is 1. The monoisotopic (exact) mass is 327 g/mol. The molecule has 0 aliphatic rings. The van der Waals surface area contributed by atoms with Gasteiger partial charge in [0.25, 0.3) is 0 Å². The zero-order valence-corrected chi connectivity index (χ0v) is 13.5. The second-order valence-corrected chi connectivity index (χ2v) is 5.61. The van der Waals surface area contributed by atoms with E-state index in [0.717, 1.165) is 22.2 Å². The molecule has 0 bridgehead atoms. The van der Waals surface area contributed by atoms with Crippen molar-refractivity contribution >= 4 is 34.4 Å². The van der Waals surface area contributed by atoms with Crippen molar-refractivity contribution in [2.75, 3.05) is 7.05 Å². The van der Waals surface area contributed by atoms with E-state index in [4.69, 9.17) is 11.6 Å². The van der Waals surface area contributed by atoms with E-state index in [0.29, 0.717) is 10.7 Å². The number of allylic oxidation sites excluding steroid dienone is 2. The molecule has 0 aliphatic carbocycles. The number of hydrogen-bond acceptors (Lipinski definition) is 2. The standard InChI is InChI=1S/C18H15ClFN3/c1-12(7-8-21-2)13-3-5-16-18(9-13)23(11-22-16)17-6-4-14(19)10-15(17)20/h3-11H,1-2H3/b12-7+,21-8-. The highest BCUT2D eigenvalue weighted by molar-refractivity contribution is 6.30. The van der Waals surface area contributed by atoms with Crippen LogP contribution in [0.3, 0.4) is 0 Å². The zero-order chi connectivity index (χ0) is 16.4. The number of nitrogens with zero attached hydrogens (tertiary/aromatic N) is 3. The van der Waals surface area contributed by atoms with Crippen LogP contribution in [0.25, 0.3) is 22.3 Å². The number of rotatable bonds is 3. The molecular weight excluding hydrogens is 313 g/mol. The van der Waals surface area contributed by atoms with Gasteiger partial charge in [0.05, 0.1) is 16.7 Å². The molecule has 0 fully saturated rings. The highest BCUT2D eigenvalue weighted by atomic mass is 35.5. The maximum atomic E-state index is 14.2. The Morgan fingerprint density at radius 2 is 2.09 bits per heavy atom. The van der Waals surface area contributed by atoms with Crippen molar-refractivity contribution in [2.45, 2.75) is 6.92 Å². The Balaban J connectivity index is 2.15. The average Bonchev–Trinajstić information content (AvgIpc) is 2.95. The summed E-state index contributed by atoms with van der Waals surface area (Å²) >= 11 is 5.83. The average molecular weight is 328 g/mol. The molecule has 0 unspecified atom stereocenters. The molecule has 3 rings (SSSR count). The Bertz CT molecular complexity index is 925. The smallest absolute Gasteiger partial charge is 0.148 e. The molecule has 23 heavy (non-hydrogen) atoms. The third kappa shape index (κ3) is 3.03. The van der Waals surface area contributed by atoms with Crippen molar-refractivity contribution < 1.29 is 4.39 Å². The third-order valence-electron chi connectivity index (χ3n) is 3.65. The first kappa shape index (κ1) is 15.4. The van der Waals surface area contributed by atoms with Gasteiger partial charge < -0.3 is 0 Å². The number of imidazole rings is 1. The minimum absolute atomic E-state index is 0.369. The van der Waals surface area contributed by atoms with E-state index in [1.54, 1.807) is 36.3 Å². The van der Waals surface area contributed by atoms with E-state index in [9.17, 15) is 4.39 Å². The molecule has 0 atom stereocenters. The van der Waals surface area contributed by atoms with E-state index in [-0.39, 0.29) is 5.82 Å². The molecule has 1 heterocycles. The predicted octanol–water partition coefficient (Wildman–Crippen LogP) is 4.92. The van der Waals surface area contributed by atoms with Crippen LogP contribution in [0.2, 0.25) is 5.02 Å². The van der Waals surface area contributed by atoms with Gasteiger partial charge in [-0.2, -0.15) is 0 Å². The van der Waals surface area contributed by atoms with E-state index < -0.39 is 0 Å². The summed E-state index contributed by atoms with van der Waals surface area (Å²) < 4.78 is 15.9. The second-order valence-electron chi connectivity index (χ2n) is 5.17. The summed E-state index contributed by atoms with van der Waals surface area (Å²) in [6.45, 7) is 2.01. The van der Waals surface area contributed by atoms with Gasteiger partial charge in [0.2, 0.25) is 0 Å². The SMILES string of the molecule is C/N=C\C=C(/C)c1ccc2ncn(-c3ccc(Cl)cc3F)c2c1. The fourth-order valence-corrected chi connectivity index (χ4v) is 2.56. The van der Waals surface area contributed by atoms with E-state index in [1.807, 2.05) is 31.2 Å². The molecule has 0 radical (unpaired) electrons. The van der Waals surface area contributed by atoms with Gasteiger partial charge in [-0.3, -0.25) is 9.56 Å². The van der Waals surface area contributed by atoms with E-state index >= 15 is 0 Å². The quantitative estimate of drug-likeness (QED) is 0.628. The molecule has 0 aliphatic heterocycles. The second kappa shape index (κ2) is 6.34. The Kier molecular flexibility index (Phi) is 4.26. The van der Waals surface area contributed by atoms with Crippen LogP contribution in [-0.2, 0) is 0 Å². The molecule has 0 amide bonds. The van der Waals surface area contributed by atoms with Gasteiger partial charge in [-0.15, -0.1) is 0 Å². The van der Waals surface area contributed by atoms with Crippen LogP contribution in [0.1, 0.15) is 12.5 Å². The van der Waals surface area contributed by atoms with Crippen LogP contribution in [0.15, 0.2) is 53.8 Å². The molecule has 0 N–H and O–H groups in total. The van der Waals surface area contributed by atoms with Gasteiger partial charge in [0.1, 0.15) is 12.1 Å². The number of halogens is 2. The highest BCUT2D eigenvalue weighted by Gasteiger charge is 2.10. The molecule has 3 nitrogen and oxygen atoms in total. The van der Waals surface area contributed by atoms with Gasteiger partial charge >= 0.3 is 0 Å². The lowest BCUT2D eigenvalue weighted by atomic mass is 10.1. The third-order valence-corrected chi connectivity index (χ3v) is 3.88. The number of aromatic nitrogens is 2. The minimum Gasteiger partial charge on any atom is -0.297 e. The predicted molar refractivity (Wildman–Crippen MR) is 94.1 cm³/mol. The van der Waals surface area contributed by atoms with Crippen LogP contribution in [-0.4, -0.2) is 22.8 Å². The Hall–Kier alpha value is -2.46. The number of fused-ring (bicyclic) bond motifs is 1. The van der Waals surface area contributed by atoms with Crippen LogP contribution < -0.4 is 0 Å². The summed E-state index contributed by atoms with van der Waals surface area (Å²) in [5.41, 5.74) is 4.17. The lowest BCUT2D eigenvalue weighted by Gasteiger charge is -2.07. The van der Waals surface area contributed by atoms with E-state index in [1.165, 1.54) is 6.07 Å². The fraction of sp³-hybridized carbons (Fsp3) is 0.111. The number of hydrogen-bond donors (Lipinski definition) is 0. The molecular formula is C18H15ClFN3. The highest BCUT2D eigenvalue weighted by Crippen LogP contribution is 2.25. The topological polar surface area (TPSA) is 30.2 Å². The normalized spacial score (nSPS) is 12.4. The van der Waals surface area contributed by atoms with Crippen LogP contribution in [0, 0.1) is 5.82 Å². The van der Waals surface area contributed by atoms with Gasteiger partial charge in [0, 0.05) is 18.3 Å². The first-order valence-corrected chi connectivity index (χ1v) is 7.50. The molecule has 5 heteroatoms. The van der Waals surface area contributed by atoms with Crippen molar-refractivity contribution in [3.8, 4) is 5.69 Å². The van der Waals surface area contributed by atoms with Gasteiger partial charge in [-0.1, -0.05) is 17.7 Å². The molecule has 0 spiro atoms. The summed E-state index contributed by atoms with van der Waals surface area (Å²) in [6.07, 6.45) is 5.30. The van der Waals surface area contributed by atoms with Gasteiger partial charge in [-0.05, 0) is 54.5 Å². The summed E-state index contributed by atoms with van der Waals surface area (Å²) in [4.78, 5) is 8.30. The Morgan fingerprint density at radius 3 is 2.83 bits per heavy atom. The maximum absolute atomic E-state index is 14.2. The summed E-state index contributed by atoms with van der Waals surface area (Å²) in [6, 6.07) is 10.5. The first-order valence-electron chi connectivity index (χ1n) is 7.12. The minimum atomic E-state index is -0.382. The molecule has 116 valence electrons. The lowest BCUT2D eigenvalue weighted by Crippen LogP contribution is -1.96. The van der Waals surface area contributed by atoms with Crippen LogP contribution >= 0.6 is 11.6 Å². The molecule has 0 saturated carbocycles. The van der Waals surface area contributed by atoms with Gasteiger partial charge in [-0.25, -0.2) is 9.37 Å².